The minimum Gasteiger partial charge on any atom is -0.444 e. The van der Waals surface area contributed by atoms with E-state index in [1.165, 1.54) is 4.90 Å². The lowest BCUT2D eigenvalue weighted by Gasteiger charge is -2.46. The molecule has 1 N–H and O–H groups in total. The molecule has 0 atom stereocenters. The largest absolute Gasteiger partial charge is 0.444 e. The Balaban J connectivity index is 1.86. The van der Waals surface area contributed by atoms with Crippen molar-refractivity contribution in [2.45, 2.75) is 38.4 Å². The van der Waals surface area contributed by atoms with Crippen LogP contribution in [0, 0.1) is 0 Å². The summed E-state index contributed by atoms with van der Waals surface area (Å²) in [6, 6.07) is 5.59. The first kappa shape index (κ1) is 13.8. The first-order valence-corrected chi connectivity index (χ1v) is 6.38. The lowest BCUT2D eigenvalue weighted by atomic mass is 9.89. The van der Waals surface area contributed by atoms with E-state index in [-0.39, 0.29) is 6.09 Å². The van der Waals surface area contributed by atoms with Crippen molar-refractivity contribution < 1.29 is 14.6 Å². The Morgan fingerprint density at radius 2 is 2.16 bits per heavy atom. The molecule has 0 unspecified atom stereocenters. The molecule has 5 heteroatoms. The SMILES string of the molecule is CC(C)(C)OC(=O)N1CC(O)(Cc2ccccn2)C1. The smallest absolute Gasteiger partial charge is 0.410 e. The van der Waals surface area contributed by atoms with Gasteiger partial charge in [-0.25, -0.2) is 4.79 Å². The molecule has 0 aliphatic carbocycles. The Bertz CT molecular complexity index is 448. The zero-order chi connectivity index (χ0) is 14.1. The number of ether oxygens (including phenoxy) is 1. The predicted octanol–water partition coefficient (Wildman–Crippen LogP) is 1.61. The van der Waals surface area contributed by atoms with Gasteiger partial charge in [0.25, 0.3) is 0 Å². The molecule has 1 aliphatic heterocycles. The van der Waals surface area contributed by atoms with E-state index < -0.39 is 11.2 Å². The Labute approximate surface area is 113 Å². The monoisotopic (exact) mass is 264 g/mol. The van der Waals surface area contributed by atoms with Gasteiger partial charge in [0.05, 0.1) is 13.1 Å². The van der Waals surface area contributed by atoms with E-state index >= 15 is 0 Å². The molecule has 1 amide bonds. The van der Waals surface area contributed by atoms with Crippen LogP contribution in [0.3, 0.4) is 0 Å². The summed E-state index contributed by atoms with van der Waals surface area (Å²) < 4.78 is 5.25. The molecule has 2 heterocycles. The standard InChI is InChI=1S/C14H20N2O3/c1-13(2,3)19-12(17)16-9-14(18,10-16)8-11-6-4-5-7-15-11/h4-7,18H,8-10H2,1-3H3. The minimum atomic E-state index is -0.884. The maximum atomic E-state index is 11.8. The van der Waals surface area contributed by atoms with Gasteiger partial charge < -0.3 is 14.7 Å². The highest BCUT2D eigenvalue weighted by atomic mass is 16.6. The summed E-state index contributed by atoms with van der Waals surface area (Å²) in [6.45, 7) is 6.05. The van der Waals surface area contributed by atoms with Crippen LogP contribution >= 0.6 is 0 Å². The van der Waals surface area contributed by atoms with Crippen molar-refractivity contribution >= 4 is 6.09 Å². The molecule has 5 nitrogen and oxygen atoms in total. The molecule has 2 rings (SSSR count). The molecule has 0 aromatic carbocycles. The van der Waals surface area contributed by atoms with Crippen molar-refractivity contribution in [1.82, 2.24) is 9.88 Å². The Kier molecular flexibility index (Phi) is 3.49. The first-order chi connectivity index (χ1) is 8.77. The van der Waals surface area contributed by atoms with Gasteiger partial charge in [0.15, 0.2) is 0 Å². The van der Waals surface area contributed by atoms with Gasteiger partial charge in [-0.2, -0.15) is 0 Å². The van der Waals surface area contributed by atoms with Gasteiger partial charge in [-0.05, 0) is 32.9 Å². The maximum absolute atomic E-state index is 11.8. The lowest BCUT2D eigenvalue weighted by Crippen LogP contribution is -2.65. The van der Waals surface area contributed by atoms with E-state index in [2.05, 4.69) is 4.98 Å². The van der Waals surface area contributed by atoms with Crippen LogP contribution in [0.15, 0.2) is 24.4 Å². The summed E-state index contributed by atoms with van der Waals surface area (Å²) >= 11 is 0. The number of carbonyl (C=O) groups excluding carboxylic acids is 1. The second-order valence-electron chi connectivity index (χ2n) is 6.06. The third-order valence-corrected chi connectivity index (χ3v) is 2.86. The molecule has 1 fully saturated rings. The van der Waals surface area contributed by atoms with Crippen LogP contribution in [0.1, 0.15) is 26.5 Å². The molecule has 1 aromatic heterocycles. The normalized spacial score (nSPS) is 17.8. The van der Waals surface area contributed by atoms with Crippen molar-refractivity contribution in [3.63, 3.8) is 0 Å². The highest BCUT2D eigenvalue weighted by molar-refractivity contribution is 5.69. The van der Waals surface area contributed by atoms with E-state index in [1.54, 1.807) is 6.20 Å². The molecule has 1 saturated heterocycles. The highest BCUT2D eigenvalue weighted by Crippen LogP contribution is 2.26. The van der Waals surface area contributed by atoms with Crippen molar-refractivity contribution in [3.8, 4) is 0 Å². The number of hydrogen-bond donors (Lipinski definition) is 1. The van der Waals surface area contributed by atoms with E-state index in [0.29, 0.717) is 19.5 Å². The van der Waals surface area contributed by atoms with E-state index in [0.717, 1.165) is 5.69 Å². The average Bonchev–Trinajstić information content (AvgIpc) is 2.24. The number of likely N-dealkylation sites (tertiary alicyclic amines) is 1. The number of pyridine rings is 1. The summed E-state index contributed by atoms with van der Waals surface area (Å²) in [5.41, 5.74) is -0.564. The lowest BCUT2D eigenvalue weighted by molar-refractivity contribution is -0.0978. The number of carbonyl (C=O) groups is 1. The van der Waals surface area contributed by atoms with E-state index in [9.17, 15) is 9.90 Å². The third-order valence-electron chi connectivity index (χ3n) is 2.86. The molecule has 1 aliphatic rings. The summed E-state index contributed by atoms with van der Waals surface area (Å²) in [4.78, 5) is 17.4. The van der Waals surface area contributed by atoms with E-state index in [1.807, 2.05) is 39.0 Å². The molecule has 104 valence electrons. The Morgan fingerprint density at radius 1 is 1.47 bits per heavy atom. The van der Waals surface area contributed by atoms with Crippen LogP contribution in [0.25, 0.3) is 0 Å². The number of rotatable bonds is 2. The molecule has 1 aromatic rings. The van der Waals surface area contributed by atoms with Gasteiger partial charge >= 0.3 is 6.09 Å². The number of hydrogen-bond acceptors (Lipinski definition) is 4. The van der Waals surface area contributed by atoms with Crippen LogP contribution in [0.4, 0.5) is 4.79 Å². The number of aromatic nitrogens is 1. The zero-order valence-electron chi connectivity index (χ0n) is 11.6. The first-order valence-electron chi connectivity index (χ1n) is 6.38. The second-order valence-corrected chi connectivity index (χ2v) is 6.06. The van der Waals surface area contributed by atoms with Gasteiger partial charge in [0, 0.05) is 18.3 Å². The van der Waals surface area contributed by atoms with Gasteiger partial charge in [0.1, 0.15) is 11.2 Å². The van der Waals surface area contributed by atoms with Gasteiger partial charge in [-0.15, -0.1) is 0 Å². The highest BCUT2D eigenvalue weighted by Gasteiger charge is 2.45. The predicted molar refractivity (Wildman–Crippen MR) is 70.7 cm³/mol. The molecular formula is C14H20N2O3. The van der Waals surface area contributed by atoms with Crippen LogP contribution in [0.5, 0.6) is 0 Å². The fourth-order valence-electron chi connectivity index (χ4n) is 2.07. The molecule has 0 bridgehead atoms. The fraction of sp³-hybridized carbons (Fsp3) is 0.571. The quantitative estimate of drug-likeness (QED) is 0.881. The third kappa shape index (κ3) is 3.67. The maximum Gasteiger partial charge on any atom is 0.410 e. The van der Waals surface area contributed by atoms with Gasteiger partial charge in [-0.1, -0.05) is 6.07 Å². The second kappa shape index (κ2) is 4.81. The van der Waals surface area contributed by atoms with Crippen molar-refractivity contribution in [2.24, 2.45) is 0 Å². The zero-order valence-corrected chi connectivity index (χ0v) is 11.6. The Morgan fingerprint density at radius 3 is 2.68 bits per heavy atom. The number of amides is 1. The molecule has 0 radical (unpaired) electrons. The van der Waals surface area contributed by atoms with Crippen LogP contribution in [-0.2, 0) is 11.2 Å². The summed E-state index contributed by atoms with van der Waals surface area (Å²) in [6.07, 6.45) is 1.77. The number of β-amino-alcohol motifs (C(OH)–C–C–N with tert-alkyl or cyclic N) is 1. The number of aliphatic hydroxyl groups is 1. The molecular weight excluding hydrogens is 244 g/mol. The number of nitrogens with zero attached hydrogens (tertiary/aromatic N) is 2. The summed E-state index contributed by atoms with van der Waals surface area (Å²) in [5.74, 6) is 0. The van der Waals surface area contributed by atoms with Gasteiger partial charge in [-0.3, -0.25) is 4.98 Å². The minimum absolute atomic E-state index is 0.290. The van der Waals surface area contributed by atoms with E-state index in [4.69, 9.17) is 4.74 Å². The summed E-state index contributed by atoms with van der Waals surface area (Å²) in [5, 5.41) is 10.3. The Hall–Kier alpha value is -1.62. The fourth-order valence-corrected chi connectivity index (χ4v) is 2.07. The molecule has 19 heavy (non-hydrogen) atoms. The van der Waals surface area contributed by atoms with Gasteiger partial charge in [0.2, 0.25) is 0 Å². The topological polar surface area (TPSA) is 62.7 Å². The van der Waals surface area contributed by atoms with Crippen LogP contribution in [-0.4, -0.2) is 45.4 Å². The van der Waals surface area contributed by atoms with Crippen LogP contribution < -0.4 is 0 Å². The summed E-state index contributed by atoms with van der Waals surface area (Å²) in [7, 11) is 0. The van der Waals surface area contributed by atoms with Crippen LogP contribution in [0.2, 0.25) is 0 Å². The molecule has 0 spiro atoms. The van der Waals surface area contributed by atoms with Crippen molar-refractivity contribution in [1.29, 1.82) is 0 Å². The van der Waals surface area contributed by atoms with Crippen molar-refractivity contribution in [2.75, 3.05) is 13.1 Å². The molecule has 0 saturated carbocycles. The van der Waals surface area contributed by atoms with Crippen molar-refractivity contribution in [3.05, 3.63) is 30.1 Å². The average molecular weight is 264 g/mol.